The van der Waals surface area contributed by atoms with E-state index in [0.717, 1.165) is 4.90 Å². The van der Waals surface area contributed by atoms with Crippen molar-refractivity contribution in [2.45, 2.75) is 31.3 Å². The van der Waals surface area contributed by atoms with Gasteiger partial charge in [0, 0.05) is 6.54 Å². The van der Waals surface area contributed by atoms with Crippen molar-refractivity contribution in [2.75, 3.05) is 6.54 Å². The van der Waals surface area contributed by atoms with Crippen LogP contribution in [0.3, 0.4) is 0 Å². The fourth-order valence-corrected chi connectivity index (χ4v) is 1.78. The average molecular weight is 230 g/mol. The van der Waals surface area contributed by atoms with Crippen molar-refractivity contribution in [2.24, 2.45) is 5.73 Å². The molecule has 1 aliphatic rings. The number of carboxylic acid groups (broad SMARTS) is 2. The second kappa shape index (κ2) is 4.93. The number of carbonyl (C=O) groups excluding carboxylic acids is 1. The Morgan fingerprint density at radius 1 is 1.38 bits per heavy atom. The van der Waals surface area contributed by atoms with Crippen LogP contribution in [-0.2, 0) is 14.4 Å². The third-order valence-electron chi connectivity index (χ3n) is 2.53. The average Bonchev–Trinajstić information content (AvgIpc) is 2.63. The lowest BCUT2D eigenvalue weighted by Gasteiger charge is -2.24. The maximum absolute atomic E-state index is 11.7. The van der Waals surface area contributed by atoms with Gasteiger partial charge in [-0.25, -0.2) is 4.79 Å². The fraction of sp³-hybridized carbons (Fsp3) is 0.667. The molecule has 7 nitrogen and oxygen atoms in total. The van der Waals surface area contributed by atoms with Gasteiger partial charge < -0.3 is 20.8 Å². The normalized spacial score (nSPS) is 21.8. The number of nitrogens with zero attached hydrogens (tertiary/aromatic N) is 1. The van der Waals surface area contributed by atoms with Gasteiger partial charge in [0.2, 0.25) is 5.91 Å². The van der Waals surface area contributed by atoms with Gasteiger partial charge in [-0.1, -0.05) is 0 Å². The predicted molar refractivity (Wildman–Crippen MR) is 52.6 cm³/mol. The molecule has 90 valence electrons. The SMILES string of the molecule is NC(CC(=O)O)C(=O)N1CCC[C@@H]1C(=O)O. The summed E-state index contributed by atoms with van der Waals surface area (Å²) < 4.78 is 0. The Labute approximate surface area is 91.8 Å². The lowest BCUT2D eigenvalue weighted by Crippen LogP contribution is -2.49. The summed E-state index contributed by atoms with van der Waals surface area (Å²) in [5.74, 6) is -2.85. The maximum Gasteiger partial charge on any atom is 0.326 e. The molecule has 0 aromatic rings. The van der Waals surface area contributed by atoms with E-state index < -0.39 is 36.4 Å². The van der Waals surface area contributed by atoms with Gasteiger partial charge in [-0.3, -0.25) is 9.59 Å². The summed E-state index contributed by atoms with van der Waals surface area (Å²) in [5.41, 5.74) is 5.40. The number of rotatable bonds is 4. The zero-order chi connectivity index (χ0) is 12.3. The van der Waals surface area contributed by atoms with E-state index >= 15 is 0 Å². The van der Waals surface area contributed by atoms with Gasteiger partial charge in [0.05, 0.1) is 12.5 Å². The zero-order valence-electron chi connectivity index (χ0n) is 8.63. The molecule has 0 spiro atoms. The monoisotopic (exact) mass is 230 g/mol. The molecule has 2 atom stereocenters. The second-order valence-corrected chi connectivity index (χ2v) is 3.73. The zero-order valence-corrected chi connectivity index (χ0v) is 8.63. The molecule has 0 bridgehead atoms. The van der Waals surface area contributed by atoms with E-state index in [4.69, 9.17) is 15.9 Å². The van der Waals surface area contributed by atoms with Crippen molar-refractivity contribution in [3.8, 4) is 0 Å². The van der Waals surface area contributed by atoms with Crippen molar-refractivity contribution in [1.29, 1.82) is 0 Å². The molecule has 0 aromatic carbocycles. The summed E-state index contributed by atoms with van der Waals surface area (Å²) in [5, 5.41) is 17.3. The highest BCUT2D eigenvalue weighted by Gasteiger charge is 2.36. The summed E-state index contributed by atoms with van der Waals surface area (Å²) >= 11 is 0. The minimum Gasteiger partial charge on any atom is -0.481 e. The Hall–Kier alpha value is -1.63. The van der Waals surface area contributed by atoms with Crippen molar-refractivity contribution >= 4 is 17.8 Å². The van der Waals surface area contributed by atoms with Crippen LogP contribution in [0, 0.1) is 0 Å². The molecule has 0 aromatic heterocycles. The van der Waals surface area contributed by atoms with Gasteiger partial charge in [-0.05, 0) is 12.8 Å². The highest BCUT2D eigenvalue weighted by Crippen LogP contribution is 2.18. The molecule has 7 heteroatoms. The van der Waals surface area contributed by atoms with Gasteiger partial charge in [0.1, 0.15) is 6.04 Å². The molecular weight excluding hydrogens is 216 g/mol. The minimum atomic E-state index is -1.17. The minimum absolute atomic E-state index is 0.323. The molecule has 1 saturated heterocycles. The Morgan fingerprint density at radius 2 is 2.00 bits per heavy atom. The van der Waals surface area contributed by atoms with Crippen LogP contribution in [0.4, 0.5) is 0 Å². The number of carboxylic acids is 2. The predicted octanol–water partition coefficient (Wildman–Crippen LogP) is -1.14. The van der Waals surface area contributed by atoms with E-state index in [2.05, 4.69) is 0 Å². The first-order valence-corrected chi connectivity index (χ1v) is 4.94. The topological polar surface area (TPSA) is 121 Å². The number of amides is 1. The maximum atomic E-state index is 11.7. The van der Waals surface area contributed by atoms with Crippen LogP contribution in [0.25, 0.3) is 0 Å². The molecule has 0 aliphatic carbocycles. The summed E-state index contributed by atoms with van der Waals surface area (Å²) in [6.07, 6.45) is 0.505. The smallest absolute Gasteiger partial charge is 0.326 e. The van der Waals surface area contributed by atoms with Crippen LogP contribution < -0.4 is 5.73 Å². The quantitative estimate of drug-likeness (QED) is 0.561. The second-order valence-electron chi connectivity index (χ2n) is 3.73. The van der Waals surface area contributed by atoms with Crippen LogP contribution in [0.15, 0.2) is 0 Å². The van der Waals surface area contributed by atoms with Crippen LogP contribution in [0.1, 0.15) is 19.3 Å². The number of aliphatic carboxylic acids is 2. The van der Waals surface area contributed by atoms with E-state index in [-0.39, 0.29) is 0 Å². The Bertz CT molecular complexity index is 317. The first kappa shape index (κ1) is 12.4. The highest BCUT2D eigenvalue weighted by molar-refractivity contribution is 5.89. The molecular formula is C9H14N2O5. The van der Waals surface area contributed by atoms with Gasteiger partial charge in [-0.2, -0.15) is 0 Å². The number of likely N-dealkylation sites (tertiary alicyclic amines) is 1. The first-order chi connectivity index (χ1) is 7.43. The summed E-state index contributed by atoms with van der Waals surface area (Å²) in [7, 11) is 0. The Kier molecular flexibility index (Phi) is 3.83. The van der Waals surface area contributed by atoms with Crippen molar-refractivity contribution in [3.63, 3.8) is 0 Å². The number of nitrogens with two attached hydrogens (primary N) is 1. The largest absolute Gasteiger partial charge is 0.481 e. The van der Waals surface area contributed by atoms with Gasteiger partial charge in [-0.15, -0.1) is 0 Å². The molecule has 1 fully saturated rings. The van der Waals surface area contributed by atoms with E-state index in [1.807, 2.05) is 0 Å². The summed E-state index contributed by atoms with van der Waals surface area (Å²) in [6, 6.07) is -2.04. The molecule has 0 saturated carbocycles. The highest BCUT2D eigenvalue weighted by atomic mass is 16.4. The Balaban J connectivity index is 2.65. The number of hydrogen-bond acceptors (Lipinski definition) is 4. The lowest BCUT2D eigenvalue weighted by molar-refractivity contribution is -0.149. The van der Waals surface area contributed by atoms with Crippen LogP contribution >= 0.6 is 0 Å². The van der Waals surface area contributed by atoms with Gasteiger partial charge in [0.15, 0.2) is 0 Å². The molecule has 1 aliphatic heterocycles. The van der Waals surface area contributed by atoms with E-state index in [0.29, 0.717) is 19.4 Å². The molecule has 4 N–H and O–H groups in total. The third-order valence-corrected chi connectivity index (χ3v) is 2.53. The van der Waals surface area contributed by atoms with Crippen molar-refractivity contribution in [1.82, 2.24) is 4.90 Å². The van der Waals surface area contributed by atoms with E-state index in [9.17, 15) is 14.4 Å². The van der Waals surface area contributed by atoms with E-state index in [1.54, 1.807) is 0 Å². The summed E-state index contributed by atoms with van der Waals surface area (Å²) in [4.78, 5) is 34.0. The van der Waals surface area contributed by atoms with Crippen LogP contribution in [0.2, 0.25) is 0 Å². The Morgan fingerprint density at radius 3 is 2.50 bits per heavy atom. The molecule has 0 radical (unpaired) electrons. The molecule has 1 unspecified atom stereocenters. The van der Waals surface area contributed by atoms with Crippen molar-refractivity contribution in [3.05, 3.63) is 0 Å². The molecule has 1 rings (SSSR count). The molecule has 16 heavy (non-hydrogen) atoms. The molecule has 1 amide bonds. The summed E-state index contributed by atoms with van der Waals surface area (Å²) in [6.45, 7) is 0.323. The van der Waals surface area contributed by atoms with Crippen LogP contribution in [-0.4, -0.2) is 51.6 Å². The standard InChI is InChI=1S/C9H14N2O5/c10-5(4-7(12)13)8(14)11-3-1-2-6(11)9(15)16/h5-6H,1-4,10H2,(H,12,13)(H,15,16)/t5?,6-/m1/s1. The van der Waals surface area contributed by atoms with Gasteiger partial charge >= 0.3 is 11.9 Å². The lowest BCUT2D eigenvalue weighted by atomic mass is 10.1. The number of hydrogen-bond donors (Lipinski definition) is 3. The molecule has 1 heterocycles. The van der Waals surface area contributed by atoms with Crippen LogP contribution in [0.5, 0.6) is 0 Å². The van der Waals surface area contributed by atoms with Crippen molar-refractivity contribution < 1.29 is 24.6 Å². The fourth-order valence-electron chi connectivity index (χ4n) is 1.78. The van der Waals surface area contributed by atoms with E-state index in [1.165, 1.54) is 0 Å². The number of carbonyl (C=O) groups is 3. The first-order valence-electron chi connectivity index (χ1n) is 4.94. The van der Waals surface area contributed by atoms with Gasteiger partial charge in [0.25, 0.3) is 0 Å². The third kappa shape index (κ3) is 2.69.